The summed E-state index contributed by atoms with van der Waals surface area (Å²) in [6.45, 7) is 0.300. The number of carbonyl (C=O) groups is 2. The number of carbonyl (C=O) groups excluding carboxylic acids is 1. The zero-order valence-electron chi connectivity index (χ0n) is 9.04. The largest absolute Gasteiger partial charge is 0.480 e. The van der Waals surface area contributed by atoms with Crippen LogP contribution in [0.1, 0.15) is 15.9 Å². The maximum atomic E-state index is 13.1. The molecule has 0 aliphatic carbocycles. The summed E-state index contributed by atoms with van der Waals surface area (Å²) in [5, 5.41) is 10.5. The van der Waals surface area contributed by atoms with Gasteiger partial charge in [0.1, 0.15) is 12.5 Å². The van der Waals surface area contributed by atoms with Crippen LogP contribution in [-0.4, -0.2) is 29.7 Å². The second-order valence-electron chi connectivity index (χ2n) is 3.48. The number of nitrogens with one attached hydrogen (secondary N) is 1. The van der Waals surface area contributed by atoms with Gasteiger partial charge in [0.2, 0.25) is 0 Å². The van der Waals surface area contributed by atoms with Crippen LogP contribution in [0.2, 0.25) is 0 Å². The molecule has 0 aliphatic rings. The molecule has 0 spiro atoms. The molecule has 0 saturated carbocycles. The standard InChI is InChI=1S/C11H11F2NO3/c1-6-2-3-7(4-8(6)13)10(15)14-9(5-12)11(16)17/h2-4,9H,5H2,1H3,(H,14,15)(H,16,17). The summed E-state index contributed by atoms with van der Waals surface area (Å²) in [6, 6.07) is 2.08. The van der Waals surface area contributed by atoms with E-state index in [4.69, 9.17) is 5.11 Å². The lowest BCUT2D eigenvalue weighted by atomic mass is 10.1. The zero-order valence-corrected chi connectivity index (χ0v) is 9.04. The molecule has 0 aliphatic heterocycles. The minimum Gasteiger partial charge on any atom is -0.480 e. The van der Waals surface area contributed by atoms with E-state index in [9.17, 15) is 18.4 Å². The van der Waals surface area contributed by atoms with Crippen molar-refractivity contribution in [2.75, 3.05) is 6.67 Å². The van der Waals surface area contributed by atoms with Crippen LogP contribution >= 0.6 is 0 Å². The van der Waals surface area contributed by atoms with Crippen molar-refractivity contribution in [3.05, 3.63) is 35.1 Å². The number of carboxylic acids is 1. The molecule has 0 fully saturated rings. The predicted molar refractivity (Wildman–Crippen MR) is 56.0 cm³/mol. The molecule has 1 rings (SSSR count). The van der Waals surface area contributed by atoms with E-state index < -0.39 is 30.4 Å². The van der Waals surface area contributed by atoms with Gasteiger partial charge in [-0.3, -0.25) is 4.79 Å². The molecule has 0 saturated heterocycles. The maximum absolute atomic E-state index is 13.1. The number of aryl methyl sites for hydroxylation is 1. The van der Waals surface area contributed by atoms with E-state index in [1.807, 2.05) is 5.32 Å². The summed E-state index contributed by atoms with van der Waals surface area (Å²) >= 11 is 0. The summed E-state index contributed by atoms with van der Waals surface area (Å²) in [5.41, 5.74) is 0.314. The molecule has 4 nitrogen and oxygen atoms in total. The number of benzene rings is 1. The first-order valence-electron chi connectivity index (χ1n) is 4.81. The van der Waals surface area contributed by atoms with Gasteiger partial charge in [0.05, 0.1) is 0 Å². The van der Waals surface area contributed by atoms with Gasteiger partial charge >= 0.3 is 5.97 Å². The lowest BCUT2D eigenvalue weighted by Gasteiger charge is -2.10. The van der Waals surface area contributed by atoms with Gasteiger partial charge in [-0.05, 0) is 24.6 Å². The van der Waals surface area contributed by atoms with Crippen molar-refractivity contribution in [2.45, 2.75) is 13.0 Å². The van der Waals surface area contributed by atoms with Gasteiger partial charge in [-0.25, -0.2) is 13.6 Å². The SMILES string of the molecule is Cc1ccc(C(=O)NC(CF)C(=O)O)cc1F. The second kappa shape index (κ2) is 5.38. The highest BCUT2D eigenvalue weighted by molar-refractivity contribution is 5.96. The summed E-state index contributed by atoms with van der Waals surface area (Å²) in [6.07, 6.45) is 0. The molecule has 1 atom stereocenters. The van der Waals surface area contributed by atoms with E-state index in [1.54, 1.807) is 0 Å². The Bertz CT molecular complexity index is 448. The highest BCUT2D eigenvalue weighted by Gasteiger charge is 2.20. The van der Waals surface area contributed by atoms with Crippen LogP contribution < -0.4 is 5.32 Å². The molecule has 92 valence electrons. The van der Waals surface area contributed by atoms with Crippen LogP contribution in [0, 0.1) is 12.7 Å². The maximum Gasteiger partial charge on any atom is 0.328 e. The van der Waals surface area contributed by atoms with Gasteiger partial charge in [-0.15, -0.1) is 0 Å². The summed E-state index contributed by atoms with van der Waals surface area (Å²) < 4.78 is 25.4. The Labute approximate surface area is 96.3 Å². The average Bonchev–Trinajstić information content (AvgIpc) is 2.28. The number of hydrogen-bond acceptors (Lipinski definition) is 2. The zero-order chi connectivity index (χ0) is 13.0. The van der Waals surface area contributed by atoms with Gasteiger partial charge in [0, 0.05) is 5.56 Å². The minimum absolute atomic E-state index is 0.0483. The van der Waals surface area contributed by atoms with Gasteiger partial charge < -0.3 is 10.4 Å². The first-order valence-corrected chi connectivity index (χ1v) is 4.81. The highest BCUT2D eigenvalue weighted by atomic mass is 19.1. The smallest absolute Gasteiger partial charge is 0.328 e. The van der Waals surface area contributed by atoms with Crippen LogP contribution in [0.4, 0.5) is 8.78 Å². The van der Waals surface area contributed by atoms with Gasteiger partial charge in [0.15, 0.2) is 6.04 Å². The molecule has 0 aromatic heterocycles. The number of halogens is 2. The molecule has 1 unspecified atom stereocenters. The fraction of sp³-hybridized carbons (Fsp3) is 0.273. The number of hydrogen-bond donors (Lipinski definition) is 2. The first kappa shape index (κ1) is 13.1. The lowest BCUT2D eigenvalue weighted by Crippen LogP contribution is -2.42. The topological polar surface area (TPSA) is 66.4 Å². The molecular formula is C11H11F2NO3. The van der Waals surface area contributed by atoms with Crippen molar-refractivity contribution in [1.29, 1.82) is 0 Å². The normalized spacial score (nSPS) is 11.9. The third-order valence-corrected chi connectivity index (χ3v) is 2.19. The lowest BCUT2D eigenvalue weighted by molar-refractivity contribution is -0.139. The predicted octanol–water partition coefficient (Wildman–Crippen LogP) is 1.29. The monoisotopic (exact) mass is 243 g/mol. The number of carboxylic acid groups (broad SMARTS) is 1. The first-order chi connectivity index (χ1) is 7.95. The summed E-state index contributed by atoms with van der Waals surface area (Å²) in [4.78, 5) is 22.0. The Hall–Kier alpha value is -1.98. The molecule has 17 heavy (non-hydrogen) atoms. The quantitative estimate of drug-likeness (QED) is 0.837. The second-order valence-corrected chi connectivity index (χ2v) is 3.48. The van der Waals surface area contributed by atoms with Crippen LogP contribution in [0.3, 0.4) is 0 Å². The van der Waals surface area contributed by atoms with E-state index >= 15 is 0 Å². The van der Waals surface area contributed by atoms with E-state index in [0.29, 0.717) is 5.56 Å². The Morgan fingerprint density at radius 3 is 2.59 bits per heavy atom. The average molecular weight is 243 g/mol. The molecule has 0 bridgehead atoms. The Morgan fingerprint density at radius 2 is 2.12 bits per heavy atom. The minimum atomic E-state index is -1.62. The fourth-order valence-corrected chi connectivity index (χ4v) is 1.14. The summed E-state index contributed by atoms with van der Waals surface area (Å²) in [7, 11) is 0. The van der Waals surface area contributed by atoms with Crippen LogP contribution in [-0.2, 0) is 4.79 Å². The third-order valence-electron chi connectivity index (χ3n) is 2.19. The molecule has 2 N–H and O–H groups in total. The van der Waals surface area contributed by atoms with E-state index in [2.05, 4.69) is 0 Å². The van der Waals surface area contributed by atoms with Crippen molar-refractivity contribution in [1.82, 2.24) is 5.32 Å². The number of aliphatic carboxylic acids is 1. The van der Waals surface area contributed by atoms with Gasteiger partial charge in [-0.1, -0.05) is 6.07 Å². The number of alkyl halides is 1. The van der Waals surface area contributed by atoms with Crippen molar-refractivity contribution in [2.24, 2.45) is 0 Å². The van der Waals surface area contributed by atoms with Gasteiger partial charge in [0.25, 0.3) is 5.91 Å². The summed E-state index contributed by atoms with van der Waals surface area (Å²) in [5.74, 6) is -2.88. The molecule has 1 aromatic carbocycles. The van der Waals surface area contributed by atoms with E-state index in [1.165, 1.54) is 19.1 Å². The van der Waals surface area contributed by atoms with E-state index in [0.717, 1.165) is 6.07 Å². The molecule has 1 aromatic rings. The van der Waals surface area contributed by atoms with E-state index in [-0.39, 0.29) is 5.56 Å². The Kier molecular flexibility index (Phi) is 4.14. The van der Waals surface area contributed by atoms with Crippen LogP contribution in [0.25, 0.3) is 0 Å². The van der Waals surface area contributed by atoms with Crippen LogP contribution in [0.15, 0.2) is 18.2 Å². The van der Waals surface area contributed by atoms with Crippen molar-refractivity contribution >= 4 is 11.9 Å². The molecule has 1 amide bonds. The highest BCUT2D eigenvalue weighted by Crippen LogP contribution is 2.09. The van der Waals surface area contributed by atoms with Crippen molar-refractivity contribution in [3.8, 4) is 0 Å². The van der Waals surface area contributed by atoms with Crippen molar-refractivity contribution in [3.63, 3.8) is 0 Å². The molecule has 6 heteroatoms. The van der Waals surface area contributed by atoms with Crippen molar-refractivity contribution < 1.29 is 23.5 Å². The molecular weight excluding hydrogens is 232 g/mol. The fourth-order valence-electron chi connectivity index (χ4n) is 1.14. The third kappa shape index (κ3) is 3.24. The number of rotatable bonds is 4. The number of amides is 1. The van der Waals surface area contributed by atoms with Crippen LogP contribution in [0.5, 0.6) is 0 Å². The Morgan fingerprint density at radius 1 is 1.47 bits per heavy atom. The molecule has 0 heterocycles. The van der Waals surface area contributed by atoms with Gasteiger partial charge in [-0.2, -0.15) is 0 Å². The Balaban J connectivity index is 2.82. The molecule has 0 radical (unpaired) electrons.